The summed E-state index contributed by atoms with van der Waals surface area (Å²) in [5.74, 6) is -1.42. The van der Waals surface area contributed by atoms with Crippen molar-refractivity contribution >= 4 is 17.7 Å². The number of Topliss-reactive ketones (excluding diaryl/α,β-unsaturated/α-hetero) is 1. The third-order valence-electron chi connectivity index (χ3n) is 5.00. The topological polar surface area (TPSA) is 79.5 Å². The van der Waals surface area contributed by atoms with Gasteiger partial charge in [0.15, 0.2) is 5.78 Å². The van der Waals surface area contributed by atoms with Crippen LogP contribution >= 0.6 is 0 Å². The quantitative estimate of drug-likeness (QED) is 0.585. The molecular formula is C21H23FN2O4. The first-order valence-electron chi connectivity index (χ1n) is 9.17. The van der Waals surface area contributed by atoms with Gasteiger partial charge in [-0.05, 0) is 31.4 Å². The lowest BCUT2D eigenvalue weighted by Crippen LogP contribution is -2.34. The molecule has 0 radical (unpaired) electrons. The maximum atomic E-state index is 14.0. The van der Waals surface area contributed by atoms with Gasteiger partial charge in [-0.3, -0.25) is 9.59 Å². The van der Waals surface area contributed by atoms with E-state index in [2.05, 4.69) is 4.98 Å². The maximum absolute atomic E-state index is 14.0. The average Bonchev–Trinajstić information content (AvgIpc) is 3.44. The van der Waals surface area contributed by atoms with Gasteiger partial charge >= 0.3 is 5.97 Å². The third kappa shape index (κ3) is 3.98. The van der Waals surface area contributed by atoms with Gasteiger partial charge in [0, 0.05) is 30.8 Å². The number of methoxy groups -OCH3 is 1. The highest BCUT2D eigenvalue weighted by molar-refractivity contribution is 6.01. The molecule has 28 heavy (non-hydrogen) atoms. The molecule has 1 heterocycles. The molecule has 6 nitrogen and oxygen atoms in total. The van der Waals surface area contributed by atoms with Crippen molar-refractivity contribution in [3.8, 4) is 0 Å². The first-order chi connectivity index (χ1) is 13.3. The summed E-state index contributed by atoms with van der Waals surface area (Å²) < 4.78 is 18.9. The zero-order chi connectivity index (χ0) is 20.4. The minimum Gasteiger partial charge on any atom is -0.465 e. The fourth-order valence-electron chi connectivity index (χ4n) is 3.39. The normalized spacial score (nSPS) is 13.3. The highest BCUT2D eigenvalue weighted by Gasteiger charge is 2.34. The van der Waals surface area contributed by atoms with Gasteiger partial charge < -0.3 is 14.6 Å². The molecule has 1 aromatic heterocycles. The van der Waals surface area contributed by atoms with Crippen LogP contribution in [0.25, 0.3) is 0 Å². The van der Waals surface area contributed by atoms with Crippen LogP contribution in [0.1, 0.15) is 57.4 Å². The summed E-state index contributed by atoms with van der Waals surface area (Å²) in [6.07, 6.45) is 1.64. The number of hydrogen-bond donors (Lipinski definition) is 1. The Morgan fingerprint density at radius 1 is 1.25 bits per heavy atom. The van der Waals surface area contributed by atoms with Crippen molar-refractivity contribution in [2.24, 2.45) is 0 Å². The number of nitrogens with zero attached hydrogens (tertiary/aromatic N) is 1. The molecule has 0 spiro atoms. The summed E-state index contributed by atoms with van der Waals surface area (Å²) >= 11 is 0. The molecule has 1 amide bonds. The number of aromatic amines is 1. The van der Waals surface area contributed by atoms with Crippen molar-refractivity contribution in [2.75, 3.05) is 7.11 Å². The first kappa shape index (κ1) is 19.8. The summed E-state index contributed by atoms with van der Waals surface area (Å²) in [5, 5.41) is 0. The molecule has 0 unspecified atom stereocenters. The second-order valence-corrected chi connectivity index (χ2v) is 7.05. The minimum absolute atomic E-state index is 0.0667. The van der Waals surface area contributed by atoms with E-state index in [1.807, 2.05) is 0 Å². The van der Waals surface area contributed by atoms with E-state index in [9.17, 15) is 18.8 Å². The van der Waals surface area contributed by atoms with E-state index < -0.39 is 5.97 Å². The molecule has 0 saturated heterocycles. The van der Waals surface area contributed by atoms with Gasteiger partial charge in [0.05, 0.1) is 24.8 Å². The van der Waals surface area contributed by atoms with Crippen LogP contribution < -0.4 is 0 Å². The van der Waals surface area contributed by atoms with E-state index in [-0.39, 0.29) is 47.8 Å². The van der Waals surface area contributed by atoms with Crippen molar-refractivity contribution < 1.29 is 23.5 Å². The summed E-state index contributed by atoms with van der Waals surface area (Å²) in [4.78, 5) is 41.6. The third-order valence-corrected chi connectivity index (χ3v) is 5.00. The van der Waals surface area contributed by atoms with Crippen LogP contribution in [0.4, 0.5) is 4.39 Å². The lowest BCUT2D eigenvalue weighted by atomic mass is 10.1. The van der Waals surface area contributed by atoms with E-state index in [1.165, 1.54) is 20.1 Å². The van der Waals surface area contributed by atoms with Gasteiger partial charge in [-0.1, -0.05) is 18.2 Å². The number of esters is 1. The fourth-order valence-corrected chi connectivity index (χ4v) is 3.39. The number of H-pyrrole nitrogens is 1. The van der Waals surface area contributed by atoms with E-state index in [4.69, 9.17) is 4.74 Å². The molecular weight excluding hydrogens is 363 g/mol. The zero-order valence-corrected chi connectivity index (χ0v) is 16.2. The summed E-state index contributed by atoms with van der Waals surface area (Å²) in [6, 6.07) is 6.43. The number of hydrogen-bond acceptors (Lipinski definition) is 4. The highest BCUT2D eigenvalue weighted by Crippen LogP contribution is 2.30. The van der Waals surface area contributed by atoms with Gasteiger partial charge in [-0.2, -0.15) is 0 Å². The molecule has 1 aliphatic carbocycles. The Bertz CT molecular complexity index is 930. The second-order valence-electron chi connectivity index (χ2n) is 7.05. The number of ketones is 1. The Balaban J connectivity index is 1.88. The number of carbonyl (C=O) groups excluding carboxylic acids is 3. The Labute approximate surface area is 162 Å². The molecule has 0 bridgehead atoms. The molecule has 2 aromatic rings. The molecule has 1 aromatic carbocycles. The lowest BCUT2D eigenvalue weighted by molar-refractivity contribution is -0.131. The number of nitrogens with one attached hydrogen (secondary N) is 1. The molecule has 1 aliphatic rings. The smallest absolute Gasteiger partial charge is 0.339 e. The molecule has 7 heteroatoms. The minimum atomic E-state index is -0.601. The van der Waals surface area contributed by atoms with Crippen LogP contribution in [0.5, 0.6) is 0 Å². The Kier molecular flexibility index (Phi) is 5.63. The first-order valence-corrected chi connectivity index (χ1v) is 9.17. The molecule has 0 aliphatic heterocycles. The SMILES string of the molecule is COC(=O)c1c(CC(=O)N(Cc2ccccc2F)C2CC2)[nH]c(C(C)=O)c1C. The molecule has 1 fully saturated rings. The van der Waals surface area contributed by atoms with Crippen LogP contribution in [0.15, 0.2) is 24.3 Å². The Morgan fingerprint density at radius 3 is 2.50 bits per heavy atom. The number of carbonyl (C=O) groups is 3. The predicted molar refractivity (Wildman–Crippen MR) is 101 cm³/mol. The number of amides is 1. The number of ether oxygens (including phenoxy) is 1. The summed E-state index contributed by atoms with van der Waals surface area (Å²) in [7, 11) is 1.25. The van der Waals surface area contributed by atoms with Gasteiger partial charge in [0.25, 0.3) is 0 Å². The van der Waals surface area contributed by atoms with Crippen LogP contribution in [-0.4, -0.2) is 40.7 Å². The lowest BCUT2D eigenvalue weighted by Gasteiger charge is -2.23. The van der Waals surface area contributed by atoms with Crippen molar-refractivity contribution in [3.05, 3.63) is 58.2 Å². The molecule has 0 atom stereocenters. The van der Waals surface area contributed by atoms with E-state index in [0.717, 1.165) is 12.8 Å². The number of benzene rings is 1. The van der Waals surface area contributed by atoms with Crippen LogP contribution in [-0.2, 0) is 22.5 Å². The maximum Gasteiger partial charge on any atom is 0.339 e. The largest absolute Gasteiger partial charge is 0.465 e. The highest BCUT2D eigenvalue weighted by atomic mass is 19.1. The van der Waals surface area contributed by atoms with Crippen molar-refractivity contribution in [1.82, 2.24) is 9.88 Å². The zero-order valence-electron chi connectivity index (χ0n) is 16.2. The van der Waals surface area contributed by atoms with Gasteiger partial charge in [-0.15, -0.1) is 0 Å². The Hall–Kier alpha value is -2.96. The Morgan fingerprint density at radius 2 is 1.93 bits per heavy atom. The number of aromatic nitrogens is 1. The van der Waals surface area contributed by atoms with Gasteiger partial charge in [0.2, 0.25) is 5.91 Å². The standard InChI is InChI=1S/C21H23FN2O4/c1-12-19(21(27)28-3)17(23-20(12)13(2)25)10-18(26)24(15-8-9-15)11-14-6-4-5-7-16(14)22/h4-7,15,23H,8-11H2,1-3H3. The predicted octanol–water partition coefficient (Wildman–Crippen LogP) is 3.19. The monoisotopic (exact) mass is 386 g/mol. The van der Waals surface area contributed by atoms with Crippen LogP contribution in [0.2, 0.25) is 0 Å². The van der Waals surface area contributed by atoms with E-state index in [1.54, 1.807) is 30.0 Å². The fraction of sp³-hybridized carbons (Fsp3) is 0.381. The number of halogens is 1. The average molecular weight is 386 g/mol. The van der Waals surface area contributed by atoms with Crippen molar-refractivity contribution in [1.29, 1.82) is 0 Å². The summed E-state index contributed by atoms with van der Waals surface area (Å²) in [6.45, 7) is 3.20. The molecule has 3 rings (SSSR count). The van der Waals surface area contributed by atoms with Crippen LogP contribution in [0, 0.1) is 12.7 Å². The molecule has 1 N–H and O–H groups in total. The number of rotatable bonds is 7. The van der Waals surface area contributed by atoms with Crippen molar-refractivity contribution in [3.63, 3.8) is 0 Å². The van der Waals surface area contributed by atoms with Gasteiger partial charge in [0.1, 0.15) is 5.82 Å². The second kappa shape index (κ2) is 7.96. The van der Waals surface area contributed by atoms with E-state index in [0.29, 0.717) is 16.8 Å². The molecule has 148 valence electrons. The van der Waals surface area contributed by atoms with E-state index >= 15 is 0 Å². The van der Waals surface area contributed by atoms with Gasteiger partial charge in [-0.25, -0.2) is 9.18 Å². The van der Waals surface area contributed by atoms with Crippen molar-refractivity contribution in [2.45, 2.75) is 45.7 Å². The molecule has 1 saturated carbocycles. The van der Waals surface area contributed by atoms with Crippen LogP contribution in [0.3, 0.4) is 0 Å². The summed E-state index contributed by atoms with van der Waals surface area (Å²) in [5.41, 5.74) is 1.76.